The molecule has 2 aromatic rings. The number of nitrogen functional groups attached to an aromatic ring is 1. The molecule has 0 saturated carbocycles. The quantitative estimate of drug-likeness (QED) is 0.417. The normalized spacial score (nSPS) is 31.3. The van der Waals surface area contributed by atoms with E-state index in [2.05, 4.69) is 20.1 Å². The highest BCUT2D eigenvalue weighted by molar-refractivity contribution is 5.65. The predicted octanol–water partition coefficient (Wildman–Crippen LogP) is 0.174. The van der Waals surface area contributed by atoms with Crippen molar-refractivity contribution in [3.05, 3.63) is 34.6 Å². The summed E-state index contributed by atoms with van der Waals surface area (Å²) in [6, 6.07) is 3.42. The van der Waals surface area contributed by atoms with E-state index in [0.29, 0.717) is 17.0 Å². The van der Waals surface area contributed by atoms with Crippen molar-refractivity contribution in [3.8, 4) is 0 Å². The van der Waals surface area contributed by atoms with Gasteiger partial charge in [-0.2, -0.15) is 5.10 Å². The van der Waals surface area contributed by atoms with Crippen LogP contribution in [0.3, 0.4) is 0 Å². The second-order valence-electron chi connectivity index (χ2n) is 5.30. The Morgan fingerprint density at radius 1 is 1.59 bits per heavy atom. The Morgan fingerprint density at radius 2 is 2.36 bits per heavy atom. The molecule has 1 unspecified atom stereocenters. The van der Waals surface area contributed by atoms with Gasteiger partial charge in [-0.1, -0.05) is 5.11 Å². The van der Waals surface area contributed by atoms with E-state index in [1.807, 2.05) is 0 Å². The second-order valence-corrected chi connectivity index (χ2v) is 5.30. The van der Waals surface area contributed by atoms with Crippen molar-refractivity contribution >= 4 is 11.3 Å². The summed E-state index contributed by atoms with van der Waals surface area (Å²) in [7, 11) is 0. The van der Waals surface area contributed by atoms with Crippen LogP contribution in [-0.2, 0) is 4.74 Å². The average Bonchev–Trinajstić information content (AvgIpc) is 3.02. The molecule has 116 valence electrons. The van der Waals surface area contributed by atoms with Crippen LogP contribution in [0.1, 0.15) is 18.7 Å². The highest BCUT2D eigenvalue weighted by Gasteiger charge is 2.54. The lowest BCUT2D eigenvalue weighted by atomic mass is 9.88. The van der Waals surface area contributed by atoms with Crippen LogP contribution in [0.15, 0.2) is 23.6 Å². The largest absolute Gasteiger partial charge is 0.394 e. The van der Waals surface area contributed by atoms with E-state index >= 15 is 0 Å². The van der Waals surface area contributed by atoms with Gasteiger partial charge in [-0.15, -0.1) is 0 Å². The summed E-state index contributed by atoms with van der Waals surface area (Å²) in [5.41, 5.74) is 14.5. The summed E-state index contributed by atoms with van der Waals surface area (Å²) in [5, 5.41) is 27.5. The fourth-order valence-corrected chi connectivity index (χ4v) is 2.81. The smallest absolute Gasteiger partial charge is 0.151 e. The van der Waals surface area contributed by atoms with E-state index in [4.69, 9.17) is 16.0 Å². The molecule has 3 heterocycles. The maximum absolute atomic E-state index is 10.3. The molecule has 2 aromatic heterocycles. The zero-order valence-corrected chi connectivity index (χ0v) is 11.7. The van der Waals surface area contributed by atoms with Gasteiger partial charge >= 0.3 is 0 Å². The van der Waals surface area contributed by atoms with E-state index in [0.717, 1.165) is 0 Å². The highest BCUT2D eigenvalue weighted by atomic mass is 16.5. The molecule has 1 aliphatic rings. The molecular formula is C12H15N7O3. The molecule has 10 heteroatoms. The fourth-order valence-electron chi connectivity index (χ4n) is 2.81. The average molecular weight is 305 g/mol. The van der Waals surface area contributed by atoms with Crippen molar-refractivity contribution in [1.29, 1.82) is 0 Å². The molecule has 0 aromatic carbocycles. The summed E-state index contributed by atoms with van der Waals surface area (Å²) in [6.07, 6.45) is -1.49. The molecular weight excluding hydrogens is 290 g/mol. The molecule has 1 saturated heterocycles. The first-order chi connectivity index (χ1) is 10.5. The third-order valence-corrected chi connectivity index (χ3v) is 4.01. The van der Waals surface area contributed by atoms with Crippen molar-refractivity contribution < 1.29 is 14.9 Å². The van der Waals surface area contributed by atoms with Gasteiger partial charge in [0, 0.05) is 4.91 Å². The van der Waals surface area contributed by atoms with E-state index in [-0.39, 0.29) is 0 Å². The van der Waals surface area contributed by atoms with Crippen LogP contribution < -0.4 is 5.73 Å². The molecule has 0 aliphatic carbocycles. The Kier molecular flexibility index (Phi) is 3.38. The first kappa shape index (κ1) is 14.5. The van der Waals surface area contributed by atoms with Crippen LogP contribution >= 0.6 is 0 Å². The van der Waals surface area contributed by atoms with Crippen LogP contribution in [0.4, 0.5) is 5.82 Å². The maximum atomic E-state index is 10.3. The van der Waals surface area contributed by atoms with Gasteiger partial charge in [0.1, 0.15) is 29.6 Å². The van der Waals surface area contributed by atoms with Crippen molar-refractivity contribution in [2.45, 2.75) is 30.8 Å². The van der Waals surface area contributed by atoms with Crippen LogP contribution in [0.2, 0.25) is 0 Å². The number of aliphatic hydroxyl groups is 2. The van der Waals surface area contributed by atoms with Gasteiger partial charge in [0.25, 0.3) is 0 Å². The molecule has 1 aliphatic heterocycles. The summed E-state index contributed by atoms with van der Waals surface area (Å²) in [4.78, 5) is 6.70. The number of hydrogen-bond acceptors (Lipinski definition) is 7. The van der Waals surface area contributed by atoms with Crippen molar-refractivity contribution in [2.24, 2.45) is 5.11 Å². The van der Waals surface area contributed by atoms with Crippen LogP contribution in [0.25, 0.3) is 16.0 Å². The second kappa shape index (κ2) is 5.11. The number of nitrogens with zero attached hydrogens (tertiary/aromatic N) is 6. The van der Waals surface area contributed by atoms with Crippen molar-refractivity contribution in [1.82, 2.24) is 14.6 Å². The highest BCUT2D eigenvalue weighted by Crippen LogP contribution is 2.44. The van der Waals surface area contributed by atoms with E-state index in [1.165, 1.54) is 10.8 Å². The Morgan fingerprint density at radius 3 is 3.05 bits per heavy atom. The lowest BCUT2D eigenvalue weighted by molar-refractivity contribution is -0.0240. The number of fused-ring (bicyclic) bond motifs is 1. The predicted molar refractivity (Wildman–Crippen MR) is 75.7 cm³/mol. The molecule has 0 amide bonds. The monoisotopic (exact) mass is 305 g/mol. The van der Waals surface area contributed by atoms with Crippen LogP contribution in [-0.4, -0.2) is 49.2 Å². The van der Waals surface area contributed by atoms with Crippen LogP contribution in [0.5, 0.6) is 0 Å². The zero-order chi connectivity index (χ0) is 15.9. The molecule has 0 radical (unpaired) electrons. The van der Waals surface area contributed by atoms with Gasteiger partial charge in [0.2, 0.25) is 0 Å². The Hall–Kier alpha value is -2.39. The topological polar surface area (TPSA) is 155 Å². The number of azide groups is 1. The minimum absolute atomic E-state index is 0.295. The van der Waals surface area contributed by atoms with Crippen molar-refractivity contribution in [3.63, 3.8) is 0 Å². The molecule has 0 bridgehead atoms. The third kappa shape index (κ3) is 1.90. The molecule has 3 rings (SSSR count). The first-order valence-electron chi connectivity index (χ1n) is 6.61. The van der Waals surface area contributed by atoms with E-state index in [1.54, 1.807) is 19.1 Å². The first-order valence-corrected chi connectivity index (χ1v) is 6.61. The number of nitrogens with two attached hydrogens (primary N) is 1. The lowest BCUT2D eigenvalue weighted by Crippen LogP contribution is -2.41. The minimum Gasteiger partial charge on any atom is -0.394 e. The lowest BCUT2D eigenvalue weighted by Gasteiger charge is -2.26. The molecule has 10 nitrogen and oxygen atoms in total. The maximum Gasteiger partial charge on any atom is 0.151 e. The molecule has 4 atom stereocenters. The summed E-state index contributed by atoms with van der Waals surface area (Å²) in [5.74, 6) is 0.295. The zero-order valence-electron chi connectivity index (χ0n) is 11.7. The number of aromatic nitrogens is 3. The van der Waals surface area contributed by atoms with E-state index in [9.17, 15) is 10.2 Å². The molecule has 22 heavy (non-hydrogen) atoms. The van der Waals surface area contributed by atoms with Gasteiger partial charge in [-0.05, 0) is 24.6 Å². The summed E-state index contributed by atoms with van der Waals surface area (Å²) >= 11 is 0. The van der Waals surface area contributed by atoms with E-state index < -0.39 is 30.5 Å². The van der Waals surface area contributed by atoms with Gasteiger partial charge in [-0.25, -0.2) is 9.50 Å². The summed E-state index contributed by atoms with van der Waals surface area (Å²) < 4.78 is 7.21. The number of rotatable bonds is 3. The van der Waals surface area contributed by atoms with Gasteiger partial charge in [0.15, 0.2) is 5.82 Å². The minimum atomic E-state index is -1.28. The molecule has 0 spiro atoms. The summed E-state index contributed by atoms with van der Waals surface area (Å²) in [6.45, 7) is 1.18. The number of ether oxygens (including phenoxy) is 1. The molecule has 4 N–H and O–H groups in total. The Labute approximate surface area is 124 Å². The standard InChI is InChI=1S/C12H15N7O3/c1-12(17-18-14)9(21)8(4-20)22-10(12)6-2-3-7-11(13)15-5-16-19(6)7/h2-3,5,8-10,20-21H,4H2,1H3,(H2,13,15,16)/t8-,9-,10?,12-/m1/s1. The van der Waals surface area contributed by atoms with Gasteiger partial charge in [0.05, 0.1) is 18.4 Å². The molecule has 1 fully saturated rings. The van der Waals surface area contributed by atoms with Crippen molar-refractivity contribution in [2.75, 3.05) is 12.3 Å². The number of anilines is 1. The van der Waals surface area contributed by atoms with Gasteiger partial charge in [-0.3, -0.25) is 0 Å². The third-order valence-electron chi connectivity index (χ3n) is 4.01. The van der Waals surface area contributed by atoms with Gasteiger partial charge < -0.3 is 20.7 Å². The fraction of sp³-hybridized carbons (Fsp3) is 0.500. The SMILES string of the molecule is C[C@]1(N=[N+]=[N-])C(c2ccc3c(N)ncnn23)O[C@H](CO)[C@H]1O. The Balaban J connectivity index is 2.16. The Bertz CT molecular complexity index is 756. The number of hydrogen-bond donors (Lipinski definition) is 3. The number of aliphatic hydroxyl groups excluding tert-OH is 2. The van der Waals surface area contributed by atoms with Crippen LogP contribution in [0, 0.1) is 0 Å².